The third-order valence-electron chi connectivity index (χ3n) is 3.31. The number of phenols is 1. The highest BCUT2D eigenvalue weighted by atomic mass is 32.2. The number of nitrogens with one attached hydrogen (secondary N) is 2. The second-order valence-electron chi connectivity index (χ2n) is 5.07. The Morgan fingerprint density at radius 3 is 3.00 bits per heavy atom. The molecule has 0 aliphatic rings. The summed E-state index contributed by atoms with van der Waals surface area (Å²) < 4.78 is 4.96. The molecular formula is C17H16N4O3S. The molecule has 3 rings (SSSR count). The van der Waals surface area contributed by atoms with Gasteiger partial charge in [-0.3, -0.25) is 4.79 Å². The van der Waals surface area contributed by atoms with Crippen molar-refractivity contribution in [3.63, 3.8) is 0 Å². The van der Waals surface area contributed by atoms with E-state index >= 15 is 0 Å². The van der Waals surface area contributed by atoms with Gasteiger partial charge in [0.1, 0.15) is 0 Å². The Kier molecular flexibility index (Phi) is 5.20. The molecule has 0 fully saturated rings. The van der Waals surface area contributed by atoms with E-state index in [-0.39, 0.29) is 17.4 Å². The number of benzene rings is 2. The van der Waals surface area contributed by atoms with Gasteiger partial charge in [-0.1, -0.05) is 23.9 Å². The zero-order chi connectivity index (χ0) is 17.6. The van der Waals surface area contributed by atoms with Gasteiger partial charge in [-0.2, -0.15) is 5.10 Å². The number of methoxy groups -OCH3 is 1. The molecule has 0 spiro atoms. The van der Waals surface area contributed by atoms with Crippen LogP contribution >= 0.6 is 11.8 Å². The molecule has 1 aromatic heterocycles. The minimum atomic E-state index is -0.251. The largest absolute Gasteiger partial charge is 0.504 e. The van der Waals surface area contributed by atoms with Crippen molar-refractivity contribution in [2.75, 3.05) is 12.9 Å². The van der Waals surface area contributed by atoms with Crippen LogP contribution in [0.4, 0.5) is 0 Å². The molecule has 0 radical (unpaired) electrons. The number of hydrogen-bond donors (Lipinski definition) is 3. The molecule has 0 aliphatic carbocycles. The number of amides is 1. The van der Waals surface area contributed by atoms with Crippen molar-refractivity contribution in [2.24, 2.45) is 5.10 Å². The lowest BCUT2D eigenvalue weighted by molar-refractivity contribution is -0.118. The number of para-hydroxylation sites is 2. The number of aromatic hydroxyl groups is 1. The monoisotopic (exact) mass is 356 g/mol. The van der Waals surface area contributed by atoms with Crippen LogP contribution in [-0.2, 0) is 4.79 Å². The van der Waals surface area contributed by atoms with Gasteiger partial charge in [0.15, 0.2) is 16.7 Å². The van der Waals surface area contributed by atoms with Gasteiger partial charge in [0.2, 0.25) is 0 Å². The van der Waals surface area contributed by atoms with Crippen LogP contribution in [0.2, 0.25) is 0 Å². The van der Waals surface area contributed by atoms with E-state index in [2.05, 4.69) is 20.5 Å². The maximum Gasteiger partial charge on any atom is 0.250 e. The van der Waals surface area contributed by atoms with Crippen molar-refractivity contribution >= 4 is 34.9 Å². The summed E-state index contributed by atoms with van der Waals surface area (Å²) in [4.78, 5) is 19.4. The molecule has 7 nitrogen and oxygen atoms in total. The van der Waals surface area contributed by atoms with E-state index in [1.807, 2.05) is 24.3 Å². The standard InChI is InChI=1S/C17H16N4O3S/c1-24-15-7-6-11(8-14(15)22)9-18-21-16(23)10-25-17-19-12-4-2-3-5-13(12)20-17/h2-9,22H,10H2,1H3,(H,19,20)(H,21,23)/b18-9-. The fourth-order valence-corrected chi connectivity index (χ4v) is 2.81. The number of ether oxygens (including phenoxy) is 1. The van der Waals surface area contributed by atoms with E-state index in [4.69, 9.17) is 4.74 Å². The van der Waals surface area contributed by atoms with Crippen LogP contribution in [0.5, 0.6) is 11.5 Å². The molecule has 0 unspecified atom stereocenters. The van der Waals surface area contributed by atoms with Gasteiger partial charge in [-0.05, 0) is 35.9 Å². The molecule has 3 N–H and O–H groups in total. The van der Waals surface area contributed by atoms with E-state index in [9.17, 15) is 9.90 Å². The van der Waals surface area contributed by atoms with Gasteiger partial charge < -0.3 is 14.8 Å². The molecule has 0 bridgehead atoms. The summed E-state index contributed by atoms with van der Waals surface area (Å²) in [5, 5.41) is 14.2. The Hall–Kier alpha value is -3.00. The number of H-pyrrole nitrogens is 1. The molecule has 2 aromatic carbocycles. The maximum atomic E-state index is 11.8. The summed E-state index contributed by atoms with van der Waals surface area (Å²) in [6.07, 6.45) is 1.45. The fourth-order valence-electron chi connectivity index (χ4n) is 2.13. The smallest absolute Gasteiger partial charge is 0.250 e. The molecule has 0 atom stereocenters. The number of aromatic amines is 1. The lowest BCUT2D eigenvalue weighted by atomic mass is 10.2. The molecular weight excluding hydrogens is 340 g/mol. The number of fused-ring (bicyclic) bond motifs is 1. The number of carbonyl (C=O) groups excluding carboxylic acids is 1. The first-order chi connectivity index (χ1) is 12.2. The quantitative estimate of drug-likeness (QED) is 0.358. The second-order valence-corrected chi connectivity index (χ2v) is 6.04. The summed E-state index contributed by atoms with van der Waals surface area (Å²) in [5.74, 6) is 0.325. The first-order valence-electron chi connectivity index (χ1n) is 7.42. The van der Waals surface area contributed by atoms with Crippen LogP contribution in [0.3, 0.4) is 0 Å². The minimum absolute atomic E-state index is 0.0122. The molecule has 0 saturated heterocycles. The average Bonchev–Trinajstić information content (AvgIpc) is 3.03. The van der Waals surface area contributed by atoms with Gasteiger partial charge >= 0.3 is 0 Å². The van der Waals surface area contributed by atoms with Gasteiger partial charge in [0, 0.05) is 0 Å². The zero-order valence-corrected chi connectivity index (χ0v) is 14.2. The van der Waals surface area contributed by atoms with E-state index in [0.717, 1.165) is 11.0 Å². The number of hydrogen-bond acceptors (Lipinski definition) is 6. The predicted octanol–water partition coefficient (Wildman–Crippen LogP) is 2.52. The number of phenolic OH excluding ortho intramolecular Hbond substituents is 1. The van der Waals surface area contributed by atoms with E-state index in [0.29, 0.717) is 16.5 Å². The van der Waals surface area contributed by atoms with Crippen molar-refractivity contribution < 1.29 is 14.6 Å². The summed E-state index contributed by atoms with van der Waals surface area (Å²) in [6, 6.07) is 12.5. The molecule has 1 amide bonds. The first kappa shape index (κ1) is 16.8. The van der Waals surface area contributed by atoms with E-state index in [1.54, 1.807) is 12.1 Å². The Morgan fingerprint density at radius 1 is 1.40 bits per heavy atom. The van der Waals surface area contributed by atoms with Crippen molar-refractivity contribution in [3.05, 3.63) is 48.0 Å². The number of imidazole rings is 1. The fraction of sp³-hybridized carbons (Fsp3) is 0.118. The normalized spacial score (nSPS) is 11.1. The maximum absolute atomic E-state index is 11.8. The highest BCUT2D eigenvalue weighted by Gasteiger charge is 2.06. The lowest BCUT2D eigenvalue weighted by Crippen LogP contribution is -2.19. The zero-order valence-electron chi connectivity index (χ0n) is 13.4. The molecule has 25 heavy (non-hydrogen) atoms. The third kappa shape index (κ3) is 4.30. The van der Waals surface area contributed by atoms with Crippen LogP contribution in [0, 0.1) is 0 Å². The summed E-state index contributed by atoms with van der Waals surface area (Å²) in [5.41, 5.74) is 4.88. The van der Waals surface area contributed by atoms with Crippen molar-refractivity contribution in [1.82, 2.24) is 15.4 Å². The van der Waals surface area contributed by atoms with Gasteiger partial charge in [0.25, 0.3) is 5.91 Å². The minimum Gasteiger partial charge on any atom is -0.504 e. The SMILES string of the molecule is COc1ccc(/C=N\NC(=O)CSc2nc3ccccc3[nH]2)cc1O. The average molecular weight is 356 g/mol. The van der Waals surface area contributed by atoms with Gasteiger partial charge in [-0.25, -0.2) is 10.4 Å². The van der Waals surface area contributed by atoms with Gasteiger partial charge in [-0.15, -0.1) is 0 Å². The molecule has 128 valence electrons. The van der Waals surface area contributed by atoms with Crippen molar-refractivity contribution in [3.8, 4) is 11.5 Å². The second kappa shape index (κ2) is 7.71. The topological polar surface area (TPSA) is 99.6 Å². The summed E-state index contributed by atoms with van der Waals surface area (Å²) >= 11 is 1.30. The lowest BCUT2D eigenvalue weighted by Gasteiger charge is -2.03. The number of rotatable bonds is 6. The third-order valence-corrected chi connectivity index (χ3v) is 4.19. The number of thioether (sulfide) groups is 1. The van der Waals surface area contributed by atoms with Crippen LogP contribution in [-0.4, -0.2) is 40.1 Å². The predicted molar refractivity (Wildman–Crippen MR) is 97.2 cm³/mol. The van der Waals surface area contributed by atoms with Crippen LogP contribution < -0.4 is 10.2 Å². The highest BCUT2D eigenvalue weighted by Crippen LogP contribution is 2.25. The first-order valence-corrected chi connectivity index (χ1v) is 8.41. The van der Waals surface area contributed by atoms with E-state index < -0.39 is 0 Å². The molecule has 3 aromatic rings. The highest BCUT2D eigenvalue weighted by molar-refractivity contribution is 7.99. The Labute approximate surface area is 148 Å². The number of aromatic nitrogens is 2. The number of hydrazone groups is 1. The summed E-state index contributed by atoms with van der Waals surface area (Å²) in [6.45, 7) is 0. The summed E-state index contributed by atoms with van der Waals surface area (Å²) in [7, 11) is 1.47. The number of nitrogens with zero attached hydrogens (tertiary/aromatic N) is 2. The Morgan fingerprint density at radius 2 is 2.24 bits per heavy atom. The van der Waals surface area contributed by atoms with Crippen LogP contribution in [0.15, 0.2) is 52.7 Å². The van der Waals surface area contributed by atoms with Gasteiger partial charge in [0.05, 0.1) is 30.1 Å². The molecule has 0 saturated carbocycles. The number of carbonyl (C=O) groups is 1. The van der Waals surface area contributed by atoms with E-state index in [1.165, 1.54) is 31.2 Å². The molecule has 1 heterocycles. The Balaban J connectivity index is 1.51. The Bertz CT molecular complexity index is 890. The van der Waals surface area contributed by atoms with Crippen molar-refractivity contribution in [1.29, 1.82) is 0 Å². The van der Waals surface area contributed by atoms with Crippen LogP contribution in [0.1, 0.15) is 5.56 Å². The molecule has 8 heteroatoms. The molecule has 0 aliphatic heterocycles. The van der Waals surface area contributed by atoms with Crippen LogP contribution in [0.25, 0.3) is 11.0 Å². The van der Waals surface area contributed by atoms with Crippen molar-refractivity contribution in [2.45, 2.75) is 5.16 Å².